The van der Waals surface area contributed by atoms with E-state index >= 15 is 0 Å². The van der Waals surface area contributed by atoms with Gasteiger partial charge in [-0.1, -0.05) is 28.1 Å². The van der Waals surface area contributed by atoms with Gasteiger partial charge in [0.15, 0.2) is 0 Å². The number of anilines is 1. The summed E-state index contributed by atoms with van der Waals surface area (Å²) in [5.74, 6) is 0.501. The van der Waals surface area contributed by atoms with Crippen molar-refractivity contribution in [3.63, 3.8) is 0 Å². The van der Waals surface area contributed by atoms with Gasteiger partial charge in [0.2, 0.25) is 5.91 Å². The van der Waals surface area contributed by atoms with E-state index in [9.17, 15) is 4.79 Å². The normalized spacial score (nSPS) is 21.3. The Bertz CT molecular complexity index is 472. The van der Waals surface area contributed by atoms with Crippen LogP contribution in [0.3, 0.4) is 0 Å². The highest BCUT2D eigenvalue weighted by Crippen LogP contribution is 2.45. The van der Waals surface area contributed by atoms with Crippen LogP contribution in [0.2, 0.25) is 0 Å². The molecule has 0 bridgehead atoms. The molecule has 0 fully saturated rings. The molecule has 0 spiro atoms. The van der Waals surface area contributed by atoms with Crippen LogP contribution < -0.4 is 4.90 Å². The summed E-state index contributed by atoms with van der Waals surface area (Å²) in [6.45, 7) is 0.872. The summed E-state index contributed by atoms with van der Waals surface area (Å²) in [6.07, 6.45) is 5.54. The summed E-state index contributed by atoms with van der Waals surface area (Å²) >= 11 is 3.45. The molecule has 0 N–H and O–H groups in total. The minimum absolute atomic E-state index is 0.161. The Hall–Kier alpha value is -0.830. The van der Waals surface area contributed by atoms with Crippen LogP contribution in [0.1, 0.15) is 42.7 Å². The zero-order valence-corrected chi connectivity index (χ0v) is 12.1. The van der Waals surface area contributed by atoms with Crippen LogP contribution >= 0.6 is 15.9 Å². The fraction of sp³-hybridized carbons (Fsp3) is 0.533. The molecule has 1 atom stereocenters. The molecule has 2 aliphatic rings. The Labute approximate surface area is 116 Å². The number of halogens is 1. The van der Waals surface area contributed by atoms with Crippen molar-refractivity contribution in [3.05, 3.63) is 29.3 Å². The number of aryl methyl sites for hydroxylation is 1. The Morgan fingerprint density at radius 1 is 1.33 bits per heavy atom. The lowest BCUT2D eigenvalue weighted by atomic mass is 9.84. The number of carbonyl (C=O) groups is 1. The molecule has 1 aromatic carbocycles. The van der Waals surface area contributed by atoms with Crippen LogP contribution in [0.4, 0.5) is 5.69 Å². The van der Waals surface area contributed by atoms with Crippen LogP contribution in [-0.2, 0) is 11.2 Å². The standard InChI is InChI=1S/C15H18BrNO/c16-9-1-2-10-17-13-8-4-6-11-5-3-7-12(14(11)13)15(17)18/h4,6,8,12H,1-3,5,7,9-10H2. The van der Waals surface area contributed by atoms with Crippen molar-refractivity contribution in [3.8, 4) is 0 Å². The lowest BCUT2D eigenvalue weighted by Crippen LogP contribution is -2.30. The molecule has 0 aromatic heterocycles. The number of amides is 1. The largest absolute Gasteiger partial charge is 0.312 e. The van der Waals surface area contributed by atoms with Crippen molar-refractivity contribution < 1.29 is 4.79 Å². The molecule has 1 heterocycles. The van der Waals surface area contributed by atoms with Gasteiger partial charge in [-0.2, -0.15) is 0 Å². The summed E-state index contributed by atoms with van der Waals surface area (Å²) in [5, 5.41) is 1.02. The summed E-state index contributed by atoms with van der Waals surface area (Å²) in [5.41, 5.74) is 3.93. The molecule has 0 saturated heterocycles. The van der Waals surface area contributed by atoms with Gasteiger partial charge in [-0.3, -0.25) is 4.79 Å². The predicted molar refractivity (Wildman–Crippen MR) is 77.5 cm³/mol. The Kier molecular flexibility index (Phi) is 3.42. The van der Waals surface area contributed by atoms with Crippen LogP contribution in [0, 0.1) is 0 Å². The first kappa shape index (κ1) is 12.2. The Morgan fingerprint density at radius 2 is 2.22 bits per heavy atom. The average molecular weight is 308 g/mol. The van der Waals surface area contributed by atoms with Crippen molar-refractivity contribution in [2.24, 2.45) is 0 Å². The zero-order chi connectivity index (χ0) is 12.5. The second-order valence-corrected chi connectivity index (χ2v) is 5.97. The topological polar surface area (TPSA) is 20.3 Å². The van der Waals surface area contributed by atoms with E-state index in [4.69, 9.17) is 0 Å². The maximum atomic E-state index is 12.5. The minimum Gasteiger partial charge on any atom is -0.312 e. The third-order valence-corrected chi connectivity index (χ3v) is 4.64. The number of rotatable bonds is 4. The molecule has 3 rings (SSSR count). The molecule has 96 valence electrons. The van der Waals surface area contributed by atoms with Gasteiger partial charge in [0.05, 0.1) is 5.92 Å². The molecular weight excluding hydrogens is 290 g/mol. The molecular formula is C15H18BrNO. The van der Waals surface area contributed by atoms with E-state index in [-0.39, 0.29) is 5.92 Å². The maximum Gasteiger partial charge on any atom is 0.234 e. The molecule has 2 nitrogen and oxygen atoms in total. The van der Waals surface area contributed by atoms with Crippen LogP contribution in [0.15, 0.2) is 18.2 Å². The lowest BCUT2D eigenvalue weighted by Gasteiger charge is -2.18. The summed E-state index contributed by atoms with van der Waals surface area (Å²) in [7, 11) is 0. The highest BCUT2D eigenvalue weighted by molar-refractivity contribution is 9.09. The van der Waals surface area contributed by atoms with Crippen molar-refractivity contribution in [1.82, 2.24) is 0 Å². The maximum absolute atomic E-state index is 12.5. The van der Waals surface area contributed by atoms with Crippen molar-refractivity contribution in [2.75, 3.05) is 16.8 Å². The quantitative estimate of drug-likeness (QED) is 0.614. The number of unbranched alkanes of at least 4 members (excludes halogenated alkanes) is 1. The van der Waals surface area contributed by atoms with Gasteiger partial charge < -0.3 is 4.90 Å². The number of hydrogen-bond donors (Lipinski definition) is 0. The zero-order valence-electron chi connectivity index (χ0n) is 10.5. The van der Waals surface area contributed by atoms with Crippen molar-refractivity contribution >= 4 is 27.5 Å². The first-order chi connectivity index (χ1) is 8.83. The van der Waals surface area contributed by atoms with E-state index in [0.29, 0.717) is 5.91 Å². The second-order valence-electron chi connectivity index (χ2n) is 5.18. The number of hydrogen-bond acceptors (Lipinski definition) is 1. The second kappa shape index (κ2) is 5.04. The average Bonchev–Trinajstić information content (AvgIpc) is 2.67. The molecule has 0 saturated carbocycles. The molecule has 3 heteroatoms. The first-order valence-electron chi connectivity index (χ1n) is 6.82. The fourth-order valence-corrected chi connectivity index (χ4v) is 3.64. The van der Waals surface area contributed by atoms with Crippen LogP contribution in [0.25, 0.3) is 0 Å². The molecule has 1 aromatic rings. The predicted octanol–water partition coefficient (Wildman–Crippen LogP) is 3.63. The van der Waals surface area contributed by atoms with Gasteiger partial charge in [-0.05, 0) is 49.3 Å². The smallest absolute Gasteiger partial charge is 0.234 e. The van der Waals surface area contributed by atoms with Gasteiger partial charge in [-0.25, -0.2) is 0 Å². The third-order valence-electron chi connectivity index (χ3n) is 4.08. The summed E-state index contributed by atoms with van der Waals surface area (Å²) in [6, 6.07) is 6.42. The number of nitrogens with zero attached hydrogens (tertiary/aromatic N) is 1. The van der Waals surface area contributed by atoms with Gasteiger partial charge >= 0.3 is 0 Å². The van der Waals surface area contributed by atoms with E-state index in [0.717, 1.165) is 44.0 Å². The Balaban J connectivity index is 1.91. The van der Waals surface area contributed by atoms with Gasteiger partial charge in [-0.15, -0.1) is 0 Å². The van der Waals surface area contributed by atoms with Gasteiger partial charge in [0.1, 0.15) is 0 Å². The Morgan fingerprint density at radius 3 is 3.06 bits per heavy atom. The first-order valence-corrected chi connectivity index (χ1v) is 7.94. The summed E-state index contributed by atoms with van der Waals surface area (Å²) in [4.78, 5) is 14.5. The number of benzene rings is 1. The fourth-order valence-electron chi connectivity index (χ4n) is 3.24. The number of carbonyl (C=O) groups excluding carboxylic acids is 1. The monoisotopic (exact) mass is 307 g/mol. The molecule has 18 heavy (non-hydrogen) atoms. The molecule has 1 aliphatic heterocycles. The van der Waals surface area contributed by atoms with E-state index in [2.05, 4.69) is 34.1 Å². The van der Waals surface area contributed by atoms with E-state index in [1.54, 1.807) is 0 Å². The van der Waals surface area contributed by atoms with Crippen molar-refractivity contribution in [2.45, 2.75) is 38.0 Å². The molecule has 1 aliphatic carbocycles. The summed E-state index contributed by atoms with van der Waals surface area (Å²) < 4.78 is 0. The van der Waals surface area contributed by atoms with E-state index in [1.165, 1.54) is 16.8 Å². The molecule has 1 amide bonds. The highest BCUT2D eigenvalue weighted by atomic mass is 79.9. The molecule has 1 unspecified atom stereocenters. The van der Waals surface area contributed by atoms with Gasteiger partial charge in [0, 0.05) is 17.6 Å². The SMILES string of the molecule is O=C1C2CCCc3cccc(c32)N1CCCCBr. The van der Waals surface area contributed by atoms with Crippen LogP contribution in [0.5, 0.6) is 0 Å². The van der Waals surface area contributed by atoms with E-state index < -0.39 is 0 Å². The highest BCUT2D eigenvalue weighted by Gasteiger charge is 2.39. The van der Waals surface area contributed by atoms with Crippen LogP contribution in [-0.4, -0.2) is 17.8 Å². The van der Waals surface area contributed by atoms with Crippen molar-refractivity contribution in [1.29, 1.82) is 0 Å². The van der Waals surface area contributed by atoms with E-state index in [1.807, 2.05) is 4.90 Å². The molecule has 0 radical (unpaired) electrons. The lowest BCUT2D eigenvalue weighted by molar-refractivity contribution is -0.119. The third kappa shape index (κ3) is 1.89. The minimum atomic E-state index is 0.161. The van der Waals surface area contributed by atoms with Gasteiger partial charge in [0.25, 0.3) is 0 Å². The number of alkyl halides is 1.